The van der Waals surface area contributed by atoms with Gasteiger partial charge in [0.2, 0.25) is 0 Å². The van der Waals surface area contributed by atoms with Crippen LogP contribution in [0.25, 0.3) is 0 Å². The zero-order chi connectivity index (χ0) is 12.0. The summed E-state index contributed by atoms with van der Waals surface area (Å²) in [4.78, 5) is 2.32. The van der Waals surface area contributed by atoms with E-state index in [1.54, 1.807) is 0 Å². The van der Waals surface area contributed by atoms with Crippen LogP contribution in [0.2, 0.25) is 0 Å². The highest BCUT2D eigenvalue weighted by atomic mass is 15.2. The Bertz CT molecular complexity index is 295. The summed E-state index contributed by atoms with van der Waals surface area (Å²) >= 11 is 0. The van der Waals surface area contributed by atoms with Gasteiger partial charge in [0.1, 0.15) is 0 Å². The van der Waals surface area contributed by atoms with Crippen LogP contribution in [0.4, 0.5) is 0 Å². The third kappa shape index (κ3) is 4.77. The van der Waals surface area contributed by atoms with Gasteiger partial charge < -0.3 is 10.2 Å². The van der Waals surface area contributed by atoms with Crippen molar-refractivity contribution in [3.63, 3.8) is 0 Å². The average molecular weight is 224 g/mol. The number of hydrogen-bond acceptors (Lipinski definition) is 3. The molecule has 1 aromatic rings. The maximum Gasteiger partial charge on any atom is 0.0534 e. The van der Waals surface area contributed by atoms with Crippen molar-refractivity contribution in [2.75, 3.05) is 20.1 Å². The van der Waals surface area contributed by atoms with E-state index in [9.17, 15) is 0 Å². The minimum absolute atomic E-state index is 0.543. The lowest BCUT2D eigenvalue weighted by atomic mass is 10.2. The Kier molecular flexibility index (Phi) is 5.49. The standard InChI is InChI=1S/C12H24N4/c1-5-6-13-11(2)8-15(3)9-12-7-14-16(4)10-12/h7,10-11,13H,5-6,8-9H2,1-4H3. The van der Waals surface area contributed by atoms with E-state index >= 15 is 0 Å². The maximum atomic E-state index is 4.17. The lowest BCUT2D eigenvalue weighted by Gasteiger charge is -2.21. The molecule has 1 aromatic heterocycles. The Morgan fingerprint density at radius 2 is 2.31 bits per heavy atom. The molecule has 0 aliphatic heterocycles. The van der Waals surface area contributed by atoms with Crippen molar-refractivity contribution in [2.45, 2.75) is 32.9 Å². The minimum Gasteiger partial charge on any atom is -0.313 e. The van der Waals surface area contributed by atoms with Crippen LogP contribution in [0.5, 0.6) is 0 Å². The second-order valence-corrected chi connectivity index (χ2v) is 4.57. The summed E-state index contributed by atoms with van der Waals surface area (Å²) in [6.07, 6.45) is 5.19. The van der Waals surface area contributed by atoms with Crippen molar-refractivity contribution in [2.24, 2.45) is 7.05 Å². The van der Waals surface area contributed by atoms with E-state index in [1.165, 1.54) is 12.0 Å². The van der Waals surface area contributed by atoms with Crippen LogP contribution in [0.1, 0.15) is 25.8 Å². The first-order chi connectivity index (χ1) is 7.61. The number of nitrogens with zero attached hydrogens (tertiary/aromatic N) is 3. The number of hydrogen-bond donors (Lipinski definition) is 1. The maximum absolute atomic E-state index is 4.17. The number of aromatic nitrogens is 2. The van der Waals surface area contributed by atoms with Crippen LogP contribution in [-0.2, 0) is 13.6 Å². The van der Waals surface area contributed by atoms with Crippen LogP contribution in [0.3, 0.4) is 0 Å². The molecule has 16 heavy (non-hydrogen) atoms. The third-order valence-electron chi connectivity index (χ3n) is 2.54. The van der Waals surface area contributed by atoms with E-state index in [2.05, 4.69) is 42.4 Å². The van der Waals surface area contributed by atoms with Crippen molar-refractivity contribution in [3.8, 4) is 0 Å². The third-order valence-corrected chi connectivity index (χ3v) is 2.54. The van der Waals surface area contributed by atoms with Crippen molar-refractivity contribution >= 4 is 0 Å². The van der Waals surface area contributed by atoms with E-state index in [0.29, 0.717) is 6.04 Å². The van der Waals surface area contributed by atoms with E-state index < -0.39 is 0 Å². The molecule has 0 spiro atoms. The van der Waals surface area contributed by atoms with Gasteiger partial charge in [-0.2, -0.15) is 5.10 Å². The average Bonchev–Trinajstić information content (AvgIpc) is 2.60. The van der Waals surface area contributed by atoms with Gasteiger partial charge in [-0.15, -0.1) is 0 Å². The molecule has 0 radical (unpaired) electrons. The summed E-state index contributed by atoms with van der Waals surface area (Å²) in [5.74, 6) is 0. The molecular weight excluding hydrogens is 200 g/mol. The molecule has 92 valence electrons. The van der Waals surface area contributed by atoms with Gasteiger partial charge in [0.25, 0.3) is 0 Å². The zero-order valence-electron chi connectivity index (χ0n) is 10.9. The fraction of sp³-hybridized carbons (Fsp3) is 0.750. The molecule has 4 nitrogen and oxygen atoms in total. The normalized spacial score (nSPS) is 13.3. The Labute approximate surface area is 98.6 Å². The van der Waals surface area contributed by atoms with Gasteiger partial charge in [-0.05, 0) is 26.9 Å². The Morgan fingerprint density at radius 3 is 2.88 bits per heavy atom. The second kappa shape index (κ2) is 6.66. The van der Waals surface area contributed by atoms with Crippen molar-refractivity contribution in [3.05, 3.63) is 18.0 Å². The first kappa shape index (κ1) is 13.2. The van der Waals surface area contributed by atoms with Crippen LogP contribution < -0.4 is 5.32 Å². The Hall–Kier alpha value is -0.870. The SMILES string of the molecule is CCCNC(C)CN(C)Cc1cnn(C)c1. The number of likely N-dealkylation sites (N-methyl/N-ethyl adjacent to an activating group) is 1. The van der Waals surface area contributed by atoms with Gasteiger partial charge in [0.15, 0.2) is 0 Å². The van der Waals surface area contributed by atoms with Crippen molar-refractivity contribution in [1.29, 1.82) is 0 Å². The molecular formula is C12H24N4. The highest BCUT2D eigenvalue weighted by Crippen LogP contribution is 2.01. The number of aryl methyl sites for hydroxylation is 1. The Morgan fingerprint density at radius 1 is 1.56 bits per heavy atom. The first-order valence-electron chi connectivity index (χ1n) is 6.01. The predicted octanol–water partition coefficient (Wildman–Crippen LogP) is 1.24. The summed E-state index contributed by atoms with van der Waals surface area (Å²) < 4.78 is 1.85. The summed E-state index contributed by atoms with van der Waals surface area (Å²) in [7, 11) is 4.10. The topological polar surface area (TPSA) is 33.1 Å². The van der Waals surface area contributed by atoms with Gasteiger partial charge in [-0.1, -0.05) is 6.92 Å². The summed E-state index contributed by atoms with van der Waals surface area (Å²) in [6.45, 7) is 7.55. The van der Waals surface area contributed by atoms with Gasteiger partial charge in [-0.3, -0.25) is 4.68 Å². The lowest BCUT2D eigenvalue weighted by molar-refractivity contribution is 0.290. The molecule has 1 N–H and O–H groups in total. The van der Waals surface area contributed by atoms with E-state index in [1.807, 2.05) is 17.9 Å². The lowest BCUT2D eigenvalue weighted by Crippen LogP contribution is -2.37. The van der Waals surface area contributed by atoms with Gasteiger partial charge in [-0.25, -0.2) is 0 Å². The highest BCUT2D eigenvalue weighted by Gasteiger charge is 2.06. The molecule has 0 aliphatic carbocycles. The number of rotatable bonds is 7. The molecule has 1 unspecified atom stereocenters. The van der Waals surface area contributed by atoms with Crippen LogP contribution in [0, 0.1) is 0 Å². The molecule has 0 fully saturated rings. The quantitative estimate of drug-likeness (QED) is 0.756. The summed E-state index contributed by atoms with van der Waals surface area (Å²) in [5, 5.41) is 7.66. The summed E-state index contributed by atoms with van der Waals surface area (Å²) in [6, 6.07) is 0.543. The smallest absolute Gasteiger partial charge is 0.0534 e. The van der Waals surface area contributed by atoms with E-state index in [-0.39, 0.29) is 0 Å². The summed E-state index contributed by atoms with van der Waals surface area (Å²) in [5.41, 5.74) is 1.27. The van der Waals surface area contributed by atoms with E-state index in [4.69, 9.17) is 0 Å². The molecule has 0 saturated heterocycles. The molecule has 0 saturated carbocycles. The molecule has 0 aliphatic rings. The molecule has 1 heterocycles. The molecule has 0 amide bonds. The minimum atomic E-state index is 0.543. The van der Waals surface area contributed by atoms with Crippen LogP contribution in [0.15, 0.2) is 12.4 Å². The number of nitrogens with one attached hydrogen (secondary N) is 1. The van der Waals surface area contributed by atoms with E-state index in [0.717, 1.165) is 19.6 Å². The second-order valence-electron chi connectivity index (χ2n) is 4.57. The predicted molar refractivity (Wildman–Crippen MR) is 67.3 cm³/mol. The highest BCUT2D eigenvalue weighted by molar-refractivity contribution is 5.03. The fourth-order valence-corrected chi connectivity index (χ4v) is 1.85. The van der Waals surface area contributed by atoms with Crippen LogP contribution >= 0.6 is 0 Å². The van der Waals surface area contributed by atoms with Crippen LogP contribution in [-0.4, -0.2) is 40.9 Å². The zero-order valence-corrected chi connectivity index (χ0v) is 10.9. The first-order valence-corrected chi connectivity index (χ1v) is 6.01. The van der Waals surface area contributed by atoms with Crippen molar-refractivity contribution in [1.82, 2.24) is 20.0 Å². The largest absolute Gasteiger partial charge is 0.313 e. The Balaban J connectivity index is 2.27. The molecule has 0 aromatic carbocycles. The monoisotopic (exact) mass is 224 g/mol. The van der Waals surface area contributed by atoms with Crippen molar-refractivity contribution < 1.29 is 0 Å². The van der Waals surface area contributed by atoms with Gasteiger partial charge in [0, 0.05) is 37.9 Å². The molecule has 4 heteroatoms. The van der Waals surface area contributed by atoms with Gasteiger partial charge in [0.05, 0.1) is 6.20 Å². The van der Waals surface area contributed by atoms with Gasteiger partial charge >= 0.3 is 0 Å². The fourth-order valence-electron chi connectivity index (χ4n) is 1.85. The molecule has 1 atom stereocenters. The molecule has 0 bridgehead atoms. The molecule has 1 rings (SSSR count).